The van der Waals surface area contributed by atoms with Gasteiger partial charge in [-0.2, -0.15) is 5.10 Å². The van der Waals surface area contributed by atoms with Crippen LogP contribution in [0.25, 0.3) is 28.5 Å². The summed E-state index contributed by atoms with van der Waals surface area (Å²) in [6.07, 6.45) is 4.19. The minimum atomic E-state index is -1.04. The number of carboxylic acids is 1. The Morgan fingerprint density at radius 1 is 0.972 bits per heavy atom. The van der Waals surface area contributed by atoms with E-state index >= 15 is 0 Å². The van der Waals surface area contributed by atoms with Crippen molar-refractivity contribution in [3.8, 4) is 22.4 Å². The van der Waals surface area contributed by atoms with Crippen molar-refractivity contribution in [2.24, 2.45) is 0 Å². The van der Waals surface area contributed by atoms with Crippen molar-refractivity contribution in [2.75, 3.05) is 13.2 Å². The van der Waals surface area contributed by atoms with Crippen LogP contribution in [0.4, 0.5) is 4.79 Å². The lowest BCUT2D eigenvalue weighted by Gasteiger charge is -2.14. The first-order valence-corrected chi connectivity index (χ1v) is 11.7. The number of aromatic amines is 1. The zero-order valence-electron chi connectivity index (χ0n) is 19.5. The number of aromatic carboxylic acids is 1. The maximum atomic E-state index is 12.3. The second-order valence-electron chi connectivity index (χ2n) is 8.54. The Bertz CT molecular complexity index is 1380. The number of nitrogens with zero attached hydrogens (tertiary/aromatic N) is 1. The van der Waals surface area contributed by atoms with Crippen molar-refractivity contribution in [3.63, 3.8) is 0 Å². The lowest BCUT2D eigenvalue weighted by Crippen LogP contribution is -2.26. The molecule has 1 amide bonds. The summed E-state index contributed by atoms with van der Waals surface area (Å²) >= 11 is 0. The van der Waals surface area contributed by atoms with Crippen LogP contribution in [0.2, 0.25) is 0 Å². The molecule has 5 rings (SSSR count). The Morgan fingerprint density at radius 2 is 1.64 bits per heavy atom. The molecule has 180 valence electrons. The molecule has 1 heterocycles. The highest BCUT2D eigenvalue weighted by Gasteiger charge is 2.28. The Morgan fingerprint density at radius 3 is 2.28 bits per heavy atom. The molecular weight excluding hydrogens is 454 g/mol. The molecule has 36 heavy (non-hydrogen) atoms. The zero-order valence-corrected chi connectivity index (χ0v) is 19.5. The van der Waals surface area contributed by atoms with Crippen molar-refractivity contribution >= 4 is 18.1 Å². The van der Waals surface area contributed by atoms with E-state index in [2.05, 4.69) is 39.8 Å². The molecule has 3 N–H and O–H groups in total. The van der Waals surface area contributed by atoms with Gasteiger partial charge in [-0.3, -0.25) is 5.10 Å². The first-order valence-electron chi connectivity index (χ1n) is 11.7. The van der Waals surface area contributed by atoms with Crippen LogP contribution < -0.4 is 5.32 Å². The molecule has 0 saturated heterocycles. The fourth-order valence-corrected chi connectivity index (χ4v) is 4.47. The van der Waals surface area contributed by atoms with E-state index in [1.807, 2.05) is 60.7 Å². The summed E-state index contributed by atoms with van der Waals surface area (Å²) in [5, 5.41) is 18.3. The number of ether oxygens (including phenoxy) is 1. The van der Waals surface area contributed by atoms with Gasteiger partial charge in [-0.15, -0.1) is 0 Å². The van der Waals surface area contributed by atoms with Crippen LogP contribution in [-0.4, -0.2) is 40.5 Å². The van der Waals surface area contributed by atoms with Crippen LogP contribution >= 0.6 is 0 Å². The molecule has 0 radical (unpaired) electrons. The number of alkyl carbamates (subject to hydrolysis) is 1. The average molecular weight is 480 g/mol. The van der Waals surface area contributed by atoms with Gasteiger partial charge in [-0.25, -0.2) is 9.59 Å². The van der Waals surface area contributed by atoms with Crippen molar-refractivity contribution in [1.29, 1.82) is 0 Å². The topological polar surface area (TPSA) is 104 Å². The number of H-pyrrole nitrogens is 1. The Balaban J connectivity index is 1.08. The first-order chi connectivity index (χ1) is 17.6. The Hall–Kier alpha value is -4.65. The summed E-state index contributed by atoms with van der Waals surface area (Å²) in [6.45, 7) is 0.766. The van der Waals surface area contributed by atoms with Gasteiger partial charge in [0.15, 0.2) is 0 Å². The molecule has 1 aliphatic rings. The normalized spacial score (nSPS) is 12.3. The number of aromatic nitrogens is 2. The van der Waals surface area contributed by atoms with Crippen LogP contribution in [-0.2, 0) is 4.74 Å². The van der Waals surface area contributed by atoms with Gasteiger partial charge >= 0.3 is 12.1 Å². The third-order valence-corrected chi connectivity index (χ3v) is 6.25. The third-order valence-electron chi connectivity index (χ3n) is 6.25. The molecule has 1 aliphatic carbocycles. The molecule has 3 aromatic carbocycles. The van der Waals surface area contributed by atoms with Crippen LogP contribution in [0.1, 0.15) is 39.5 Å². The minimum Gasteiger partial charge on any atom is -0.477 e. The lowest BCUT2D eigenvalue weighted by atomic mass is 9.98. The summed E-state index contributed by atoms with van der Waals surface area (Å²) in [6, 6.07) is 25.7. The first kappa shape index (κ1) is 23.1. The highest BCUT2D eigenvalue weighted by Crippen LogP contribution is 2.44. The highest BCUT2D eigenvalue weighted by atomic mass is 16.5. The van der Waals surface area contributed by atoms with E-state index in [4.69, 9.17) is 9.84 Å². The van der Waals surface area contributed by atoms with Crippen molar-refractivity contribution in [2.45, 2.75) is 12.3 Å². The Kier molecular flexibility index (Phi) is 6.62. The molecule has 0 unspecified atom stereocenters. The van der Waals surface area contributed by atoms with Gasteiger partial charge in [-0.1, -0.05) is 84.9 Å². The van der Waals surface area contributed by atoms with Gasteiger partial charge < -0.3 is 15.2 Å². The number of nitrogens with one attached hydrogen (secondary N) is 2. The number of carboxylic acid groups (broad SMARTS) is 1. The van der Waals surface area contributed by atoms with Crippen molar-refractivity contribution in [1.82, 2.24) is 15.5 Å². The van der Waals surface area contributed by atoms with Crippen LogP contribution in [0.5, 0.6) is 0 Å². The number of hydrogen-bond donors (Lipinski definition) is 3. The van der Waals surface area contributed by atoms with Gasteiger partial charge in [0.25, 0.3) is 0 Å². The third kappa shape index (κ3) is 4.90. The number of carbonyl (C=O) groups is 2. The monoisotopic (exact) mass is 479 g/mol. The van der Waals surface area contributed by atoms with Crippen LogP contribution in [0.3, 0.4) is 0 Å². The van der Waals surface area contributed by atoms with Crippen LogP contribution in [0, 0.1) is 0 Å². The van der Waals surface area contributed by atoms with Gasteiger partial charge in [0.05, 0.1) is 5.69 Å². The van der Waals surface area contributed by atoms with E-state index in [1.54, 1.807) is 0 Å². The van der Waals surface area contributed by atoms with E-state index in [1.165, 1.54) is 28.3 Å². The lowest BCUT2D eigenvalue weighted by molar-refractivity contribution is 0.0690. The molecule has 0 bridgehead atoms. The van der Waals surface area contributed by atoms with E-state index in [0.29, 0.717) is 25.3 Å². The number of carbonyl (C=O) groups excluding carboxylic acids is 1. The van der Waals surface area contributed by atoms with E-state index < -0.39 is 12.1 Å². The number of hydrogen-bond acceptors (Lipinski definition) is 4. The molecule has 0 aliphatic heterocycles. The molecular formula is C29H25N3O4. The minimum absolute atomic E-state index is 0.0446. The zero-order chi connectivity index (χ0) is 24.9. The highest BCUT2D eigenvalue weighted by molar-refractivity contribution is 5.86. The SMILES string of the molecule is O=C(NCCC=Cc1ccc(-c2cc(C(=O)O)[nH]n2)cc1)OCC1c2ccccc2-c2ccccc21. The largest absolute Gasteiger partial charge is 0.477 e. The predicted molar refractivity (Wildman–Crippen MR) is 138 cm³/mol. The molecule has 7 heteroatoms. The van der Waals surface area contributed by atoms with Crippen LogP contribution in [0.15, 0.2) is 84.9 Å². The number of rotatable bonds is 8. The number of benzene rings is 3. The average Bonchev–Trinajstić information content (AvgIpc) is 3.52. The smallest absolute Gasteiger partial charge is 0.407 e. The van der Waals surface area contributed by atoms with Crippen molar-refractivity contribution < 1.29 is 19.4 Å². The molecule has 0 spiro atoms. The molecule has 0 saturated carbocycles. The van der Waals surface area contributed by atoms with E-state index in [0.717, 1.165) is 11.1 Å². The fourth-order valence-electron chi connectivity index (χ4n) is 4.47. The van der Waals surface area contributed by atoms with Crippen molar-refractivity contribution in [3.05, 3.63) is 107 Å². The van der Waals surface area contributed by atoms with E-state index in [9.17, 15) is 9.59 Å². The molecule has 7 nitrogen and oxygen atoms in total. The summed E-state index contributed by atoms with van der Waals surface area (Å²) in [5.41, 5.74) is 7.24. The number of amides is 1. The summed E-state index contributed by atoms with van der Waals surface area (Å²) in [4.78, 5) is 23.3. The summed E-state index contributed by atoms with van der Waals surface area (Å²) in [5.74, 6) is -0.997. The summed E-state index contributed by atoms with van der Waals surface area (Å²) < 4.78 is 5.56. The Labute approximate surface area is 208 Å². The van der Waals surface area contributed by atoms with Gasteiger partial charge in [0, 0.05) is 18.0 Å². The molecule has 1 aromatic heterocycles. The predicted octanol–water partition coefficient (Wildman–Crippen LogP) is 5.72. The molecule has 0 atom stereocenters. The second kappa shape index (κ2) is 10.3. The standard InChI is InChI=1S/C29H25N3O4/c33-28(34)27-17-26(31-32-27)20-14-12-19(13-15-20)7-5-6-16-30-29(35)36-18-25-23-10-3-1-8-21(23)22-9-2-4-11-24(22)25/h1-5,7-15,17,25H,6,16,18H2,(H,30,35)(H,31,32)(H,33,34). The van der Waals surface area contributed by atoms with Gasteiger partial charge in [0.1, 0.15) is 12.3 Å². The molecule has 0 fully saturated rings. The fraction of sp³-hybridized carbons (Fsp3) is 0.138. The van der Waals surface area contributed by atoms with Gasteiger partial charge in [-0.05, 0) is 40.3 Å². The molecule has 4 aromatic rings. The second-order valence-corrected chi connectivity index (χ2v) is 8.54. The van der Waals surface area contributed by atoms with Gasteiger partial charge in [0.2, 0.25) is 0 Å². The quantitative estimate of drug-likeness (QED) is 0.281. The maximum Gasteiger partial charge on any atom is 0.407 e. The summed E-state index contributed by atoms with van der Waals surface area (Å²) in [7, 11) is 0. The number of fused-ring (bicyclic) bond motifs is 3. The maximum absolute atomic E-state index is 12.3. The van der Waals surface area contributed by atoms with E-state index in [-0.39, 0.29) is 11.6 Å².